The molecule has 104 valence electrons. The Morgan fingerprint density at radius 1 is 1.37 bits per heavy atom. The van der Waals surface area contributed by atoms with Crippen molar-refractivity contribution in [3.05, 3.63) is 24.3 Å². The van der Waals surface area contributed by atoms with Crippen LogP contribution < -0.4 is 4.72 Å². The van der Waals surface area contributed by atoms with Crippen molar-refractivity contribution in [1.82, 2.24) is 14.3 Å². The van der Waals surface area contributed by atoms with Gasteiger partial charge in [0.25, 0.3) is 0 Å². The van der Waals surface area contributed by atoms with E-state index in [4.69, 9.17) is 0 Å². The summed E-state index contributed by atoms with van der Waals surface area (Å²) in [5, 5.41) is 0. The van der Waals surface area contributed by atoms with Gasteiger partial charge in [-0.1, -0.05) is 25.5 Å². The van der Waals surface area contributed by atoms with Crippen LogP contribution in [-0.2, 0) is 10.2 Å². The number of H-pyrrole nitrogens is 1. The van der Waals surface area contributed by atoms with Crippen molar-refractivity contribution in [3.63, 3.8) is 0 Å². The maximum absolute atomic E-state index is 12.0. The van der Waals surface area contributed by atoms with Crippen molar-refractivity contribution in [2.45, 2.75) is 19.8 Å². The first-order chi connectivity index (χ1) is 9.03. The molecule has 0 aliphatic heterocycles. The van der Waals surface area contributed by atoms with E-state index in [2.05, 4.69) is 14.7 Å². The quantitative estimate of drug-likeness (QED) is 0.850. The van der Waals surface area contributed by atoms with Gasteiger partial charge in [0, 0.05) is 13.6 Å². The number of unbranched alkanes of at least 4 members (excludes halogenated alkanes) is 1. The second-order valence-electron chi connectivity index (χ2n) is 4.38. The van der Waals surface area contributed by atoms with Crippen molar-refractivity contribution in [2.75, 3.05) is 18.3 Å². The molecular formula is C12H18N4O2S. The maximum Gasteiger partial charge on any atom is 0.303 e. The first-order valence-electron chi connectivity index (χ1n) is 6.22. The maximum atomic E-state index is 12.0. The number of hydrogen-bond donors (Lipinski definition) is 2. The average Bonchev–Trinajstić information content (AvgIpc) is 2.76. The average molecular weight is 282 g/mol. The van der Waals surface area contributed by atoms with Crippen molar-refractivity contribution in [3.8, 4) is 0 Å². The molecule has 0 aliphatic carbocycles. The van der Waals surface area contributed by atoms with E-state index in [9.17, 15) is 8.42 Å². The third-order valence-electron chi connectivity index (χ3n) is 2.85. The molecule has 2 N–H and O–H groups in total. The van der Waals surface area contributed by atoms with Crippen LogP contribution in [0, 0.1) is 0 Å². The van der Waals surface area contributed by atoms with Crippen molar-refractivity contribution < 1.29 is 8.42 Å². The lowest BCUT2D eigenvalue weighted by atomic mass is 10.3. The minimum absolute atomic E-state index is 0.240. The van der Waals surface area contributed by atoms with E-state index in [1.807, 2.05) is 31.2 Å². The molecule has 0 bridgehead atoms. The fourth-order valence-corrected chi connectivity index (χ4v) is 2.57. The van der Waals surface area contributed by atoms with Gasteiger partial charge in [-0.2, -0.15) is 12.7 Å². The summed E-state index contributed by atoms with van der Waals surface area (Å²) >= 11 is 0. The molecule has 1 aromatic carbocycles. The highest BCUT2D eigenvalue weighted by Crippen LogP contribution is 2.15. The molecule has 0 spiro atoms. The molecule has 0 unspecified atom stereocenters. The van der Waals surface area contributed by atoms with Crippen LogP contribution in [0.2, 0.25) is 0 Å². The summed E-state index contributed by atoms with van der Waals surface area (Å²) in [5.74, 6) is 0.240. The van der Waals surface area contributed by atoms with Crippen LogP contribution in [0.25, 0.3) is 11.0 Å². The molecule has 0 saturated carbocycles. The second-order valence-corrected chi connectivity index (χ2v) is 6.16. The van der Waals surface area contributed by atoms with Crippen LogP contribution >= 0.6 is 0 Å². The Balaban J connectivity index is 2.15. The standard InChI is InChI=1S/C12H18N4O2S/c1-3-4-9-16(2)19(17,18)15-12-13-10-7-5-6-8-11(10)14-12/h5-8H,3-4,9H2,1-2H3,(H2,13,14,15). The van der Waals surface area contributed by atoms with E-state index in [0.717, 1.165) is 23.9 Å². The number of anilines is 1. The fraction of sp³-hybridized carbons (Fsp3) is 0.417. The van der Waals surface area contributed by atoms with Crippen LogP contribution in [0.15, 0.2) is 24.3 Å². The highest BCUT2D eigenvalue weighted by Gasteiger charge is 2.18. The Hall–Kier alpha value is -1.60. The fourth-order valence-electron chi connectivity index (χ4n) is 1.70. The van der Waals surface area contributed by atoms with Gasteiger partial charge >= 0.3 is 10.2 Å². The van der Waals surface area contributed by atoms with Gasteiger partial charge in [-0.3, -0.25) is 0 Å². The molecule has 2 rings (SSSR count). The largest absolute Gasteiger partial charge is 0.323 e. The minimum atomic E-state index is -3.54. The van der Waals surface area contributed by atoms with E-state index in [-0.39, 0.29) is 5.95 Å². The second kappa shape index (κ2) is 5.58. The Labute approximate surface area is 113 Å². The Bertz CT molecular complexity index is 618. The molecule has 7 heteroatoms. The van der Waals surface area contributed by atoms with E-state index < -0.39 is 10.2 Å². The summed E-state index contributed by atoms with van der Waals surface area (Å²) in [6.07, 6.45) is 1.78. The number of benzene rings is 1. The summed E-state index contributed by atoms with van der Waals surface area (Å²) in [6.45, 7) is 2.51. The van der Waals surface area contributed by atoms with Gasteiger partial charge in [0.05, 0.1) is 11.0 Å². The summed E-state index contributed by atoms with van der Waals surface area (Å²) in [7, 11) is -1.99. The molecule has 1 heterocycles. The van der Waals surface area contributed by atoms with Gasteiger partial charge in [0.2, 0.25) is 5.95 Å². The van der Waals surface area contributed by atoms with Gasteiger partial charge in [0.1, 0.15) is 0 Å². The topological polar surface area (TPSA) is 78.1 Å². The molecule has 0 radical (unpaired) electrons. The van der Waals surface area contributed by atoms with Gasteiger partial charge in [-0.15, -0.1) is 0 Å². The highest BCUT2D eigenvalue weighted by atomic mass is 32.2. The number of fused-ring (bicyclic) bond motifs is 1. The van der Waals surface area contributed by atoms with Crippen molar-refractivity contribution in [1.29, 1.82) is 0 Å². The van der Waals surface area contributed by atoms with Crippen LogP contribution in [-0.4, -0.2) is 36.3 Å². The van der Waals surface area contributed by atoms with Crippen molar-refractivity contribution in [2.24, 2.45) is 0 Å². The highest BCUT2D eigenvalue weighted by molar-refractivity contribution is 7.90. The van der Waals surface area contributed by atoms with Gasteiger partial charge in [-0.05, 0) is 18.6 Å². The molecule has 6 nitrogen and oxygen atoms in total. The molecule has 1 aromatic heterocycles. The Kier molecular flexibility index (Phi) is 4.06. The molecule has 19 heavy (non-hydrogen) atoms. The van der Waals surface area contributed by atoms with Gasteiger partial charge in [-0.25, -0.2) is 9.71 Å². The lowest BCUT2D eigenvalue weighted by molar-refractivity contribution is 0.463. The van der Waals surface area contributed by atoms with Crippen LogP contribution in [0.3, 0.4) is 0 Å². The Morgan fingerprint density at radius 3 is 2.79 bits per heavy atom. The summed E-state index contributed by atoms with van der Waals surface area (Å²) < 4.78 is 27.8. The Morgan fingerprint density at radius 2 is 2.11 bits per heavy atom. The summed E-state index contributed by atoms with van der Waals surface area (Å²) in [6, 6.07) is 7.40. The van der Waals surface area contributed by atoms with E-state index in [1.54, 1.807) is 7.05 Å². The number of imidazole rings is 1. The van der Waals surface area contributed by atoms with Crippen LogP contribution in [0.1, 0.15) is 19.8 Å². The number of nitrogens with one attached hydrogen (secondary N) is 2. The smallest absolute Gasteiger partial charge is 0.303 e. The lowest BCUT2D eigenvalue weighted by Crippen LogP contribution is -2.33. The molecule has 0 amide bonds. The minimum Gasteiger partial charge on any atom is -0.323 e. The SMILES string of the molecule is CCCCN(C)S(=O)(=O)Nc1nc2ccccc2[nH]1. The van der Waals surface area contributed by atoms with Gasteiger partial charge in [0.15, 0.2) is 0 Å². The summed E-state index contributed by atoms with van der Waals surface area (Å²) in [4.78, 5) is 7.12. The summed E-state index contributed by atoms with van der Waals surface area (Å²) in [5.41, 5.74) is 1.54. The third-order valence-corrected chi connectivity index (χ3v) is 4.31. The number of nitrogens with zero attached hydrogens (tertiary/aromatic N) is 2. The molecule has 0 saturated heterocycles. The predicted molar refractivity (Wildman–Crippen MR) is 76.2 cm³/mol. The van der Waals surface area contributed by atoms with Crippen LogP contribution in [0.4, 0.5) is 5.95 Å². The zero-order chi connectivity index (χ0) is 13.9. The monoisotopic (exact) mass is 282 g/mol. The number of aromatic nitrogens is 2. The number of aromatic amines is 1. The van der Waals surface area contributed by atoms with E-state index >= 15 is 0 Å². The first-order valence-corrected chi connectivity index (χ1v) is 7.66. The van der Waals surface area contributed by atoms with Gasteiger partial charge < -0.3 is 4.98 Å². The number of rotatable bonds is 6. The first kappa shape index (κ1) is 13.8. The van der Waals surface area contributed by atoms with E-state index in [0.29, 0.717) is 6.54 Å². The number of para-hydroxylation sites is 2. The lowest BCUT2D eigenvalue weighted by Gasteiger charge is -2.16. The normalized spacial score (nSPS) is 12.2. The third kappa shape index (κ3) is 3.24. The molecular weight excluding hydrogens is 264 g/mol. The zero-order valence-electron chi connectivity index (χ0n) is 11.0. The molecule has 0 fully saturated rings. The molecule has 0 atom stereocenters. The molecule has 0 aliphatic rings. The zero-order valence-corrected chi connectivity index (χ0v) is 11.9. The van der Waals surface area contributed by atoms with E-state index in [1.165, 1.54) is 4.31 Å². The van der Waals surface area contributed by atoms with Crippen LogP contribution in [0.5, 0.6) is 0 Å². The molecule has 2 aromatic rings. The number of hydrogen-bond acceptors (Lipinski definition) is 3. The van der Waals surface area contributed by atoms with Crippen molar-refractivity contribution >= 4 is 27.2 Å². The predicted octanol–water partition coefficient (Wildman–Crippen LogP) is 1.95.